The molecule has 0 unspecified atom stereocenters. The third-order valence-electron chi connectivity index (χ3n) is 3.56. The van der Waals surface area contributed by atoms with Crippen LogP contribution in [0, 0.1) is 6.92 Å². The number of aryl methyl sites for hydroxylation is 1. The van der Waals surface area contributed by atoms with Crippen LogP contribution >= 0.6 is 11.8 Å². The Kier molecular flexibility index (Phi) is 5.30. The molecular formula is C16H19N3O3S. The standard InChI is InChI=1S/C16H19N3O3S/c1-11-8-12(19-22-11)10-23-16-14(5-2-6-17-16)15(20)18-9-13-4-3-7-21-13/h2,5-6,8,13H,3-4,7,9-10H2,1H3,(H,18,20)/t13-/m0/s1. The number of carbonyl (C=O) groups is 1. The summed E-state index contributed by atoms with van der Waals surface area (Å²) in [5.41, 5.74) is 1.42. The minimum Gasteiger partial charge on any atom is -0.376 e. The Bertz CT molecular complexity index is 668. The molecule has 0 bridgehead atoms. The third kappa shape index (κ3) is 4.33. The second-order valence-electron chi connectivity index (χ2n) is 5.42. The fraction of sp³-hybridized carbons (Fsp3) is 0.438. The highest BCUT2D eigenvalue weighted by molar-refractivity contribution is 7.98. The number of ether oxygens (including phenoxy) is 1. The van der Waals surface area contributed by atoms with E-state index >= 15 is 0 Å². The van der Waals surface area contributed by atoms with E-state index in [4.69, 9.17) is 9.26 Å². The van der Waals surface area contributed by atoms with Gasteiger partial charge < -0.3 is 14.6 Å². The topological polar surface area (TPSA) is 77.2 Å². The average molecular weight is 333 g/mol. The van der Waals surface area contributed by atoms with Gasteiger partial charge in [0.1, 0.15) is 10.8 Å². The summed E-state index contributed by atoms with van der Waals surface area (Å²) < 4.78 is 10.6. The molecule has 7 heteroatoms. The van der Waals surface area contributed by atoms with Gasteiger partial charge >= 0.3 is 0 Å². The maximum Gasteiger partial charge on any atom is 0.254 e. The van der Waals surface area contributed by atoms with Gasteiger partial charge in [0.2, 0.25) is 0 Å². The third-order valence-corrected chi connectivity index (χ3v) is 4.60. The van der Waals surface area contributed by atoms with Gasteiger partial charge in [0, 0.05) is 31.2 Å². The van der Waals surface area contributed by atoms with Gasteiger partial charge in [-0.05, 0) is 31.9 Å². The van der Waals surface area contributed by atoms with Gasteiger partial charge in [0.15, 0.2) is 0 Å². The molecule has 1 saturated heterocycles. The van der Waals surface area contributed by atoms with Crippen LogP contribution in [0.2, 0.25) is 0 Å². The van der Waals surface area contributed by atoms with Gasteiger partial charge in [0.25, 0.3) is 5.91 Å². The van der Waals surface area contributed by atoms with Gasteiger partial charge in [-0.2, -0.15) is 0 Å². The monoisotopic (exact) mass is 333 g/mol. The molecule has 1 fully saturated rings. The average Bonchev–Trinajstić information content (AvgIpc) is 3.22. The molecule has 23 heavy (non-hydrogen) atoms. The fourth-order valence-electron chi connectivity index (χ4n) is 2.41. The first-order valence-corrected chi connectivity index (χ1v) is 8.61. The van der Waals surface area contributed by atoms with Gasteiger partial charge in [-0.1, -0.05) is 16.9 Å². The first-order chi connectivity index (χ1) is 11.2. The molecule has 3 heterocycles. The predicted octanol–water partition coefficient (Wildman–Crippen LogP) is 2.58. The molecule has 1 aliphatic rings. The van der Waals surface area contributed by atoms with Crippen LogP contribution in [0.25, 0.3) is 0 Å². The van der Waals surface area contributed by atoms with Crippen LogP contribution < -0.4 is 5.32 Å². The van der Waals surface area contributed by atoms with E-state index in [2.05, 4.69) is 15.5 Å². The van der Waals surface area contributed by atoms with Crippen LogP contribution in [0.3, 0.4) is 0 Å². The van der Waals surface area contributed by atoms with E-state index in [1.165, 1.54) is 11.8 Å². The zero-order valence-corrected chi connectivity index (χ0v) is 13.8. The fourth-order valence-corrected chi connectivity index (χ4v) is 3.29. The molecule has 6 nitrogen and oxygen atoms in total. The number of carbonyl (C=O) groups excluding carboxylic acids is 1. The number of thioether (sulfide) groups is 1. The Morgan fingerprint density at radius 3 is 3.17 bits per heavy atom. The van der Waals surface area contributed by atoms with Crippen molar-refractivity contribution in [3.63, 3.8) is 0 Å². The van der Waals surface area contributed by atoms with E-state index in [1.54, 1.807) is 18.3 Å². The summed E-state index contributed by atoms with van der Waals surface area (Å²) in [4.78, 5) is 16.7. The van der Waals surface area contributed by atoms with Gasteiger partial charge in [-0.3, -0.25) is 4.79 Å². The lowest BCUT2D eigenvalue weighted by Crippen LogP contribution is -2.32. The van der Waals surface area contributed by atoms with Crippen molar-refractivity contribution in [3.05, 3.63) is 41.4 Å². The van der Waals surface area contributed by atoms with E-state index in [1.807, 2.05) is 13.0 Å². The van der Waals surface area contributed by atoms with Crippen LogP contribution in [0.4, 0.5) is 0 Å². The van der Waals surface area contributed by atoms with Crippen molar-refractivity contribution >= 4 is 17.7 Å². The molecule has 0 aliphatic carbocycles. The minimum absolute atomic E-state index is 0.118. The number of hydrogen-bond donors (Lipinski definition) is 1. The normalized spacial score (nSPS) is 17.3. The largest absolute Gasteiger partial charge is 0.376 e. The molecule has 1 amide bonds. The molecule has 2 aromatic heterocycles. The summed E-state index contributed by atoms with van der Waals surface area (Å²) in [5, 5.41) is 7.58. The summed E-state index contributed by atoms with van der Waals surface area (Å²) >= 11 is 1.47. The van der Waals surface area contributed by atoms with Crippen molar-refractivity contribution in [2.24, 2.45) is 0 Å². The highest BCUT2D eigenvalue weighted by Gasteiger charge is 2.18. The van der Waals surface area contributed by atoms with Crippen LogP contribution in [0.5, 0.6) is 0 Å². The molecule has 122 valence electrons. The number of aromatic nitrogens is 2. The van der Waals surface area contributed by atoms with E-state index in [-0.39, 0.29) is 12.0 Å². The summed E-state index contributed by atoms with van der Waals surface area (Å²) in [6, 6.07) is 5.44. The number of rotatable bonds is 6. The summed E-state index contributed by atoms with van der Waals surface area (Å²) in [6.07, 6.45) is 3.88. The second kappa shape index (κ2) is 7.61. The smallest absolute Gasteiger partial charge is 0.254 e. The number of nitrogens with one attached hydrogen (secondary N) is 1. The van der Waals surface area contributed by atoms with Crippen molar-refractivity contribution in [1.29, 1.82) is 0 Å². The Morgan fingerprint density at radius 1 is 1.52 bits per heavy atom. The highest BCUT2D eigenvalue weighted by Crippen LogP contribution is 2.24. The quantitative estimate of drug-likeness (QED) is 0.819. The maximum absolute atomic E-state index is 12.4. The first-order valence-electron chi connectivity index (χ1n) is 7.62. The SMILES string of the molecule is Cc1cc(CSc2ncccc2C(=O)NC[C@@H]2CCCO2)no1. The molecule has 0 saturated carbocycles. The Morgan fingerprint density at radius 2 is 2.43 bits per heavy atom. The lowest BCUT2D eigenvalue weighted by Gasteiger charge is -2.12. The van der Waals surface area contributed by atoms with Crippen molar-refractivity contribution in [1.82, 2.24) is 15.5 Å². The Labute approximate surface area is 139 Å². The summed E-state index contributed by atoms with van der Waals surface area (Å²) in [6.45, 7) is 3.18. The molecule has 1 aliphatic heterocycles. The second-order valence-corrected chi connectivity index (χ2v) is 6.38. The lowest BCUT2D eigenvalue weighted by atomic mass is 10.2. The number of amides is 1. The number of pyridine rings is 1. The molecule has 1 N–H and O–H groups in total. The molecule has 0 aromatic carbocycles. The summed E-state index contributed by atoms with van der Waals surface area (Å²) in [7, 11) is 0. The maximum atomic E-state index is 12.4. The molecule has 0 radical (unpaired) electrons. The van der Waals surface area contributed by atoms with E-state index in [0.717, 1.165) is 30.9 Å². The number of hydrogen-bond acceptors (Lipinski definition) is 6. The van der Waals surface area contributed by atoms with Crippen molar-refractivity contribution in [2.45, 2.75) is 36.6 Å². The number of nitrogens with zero attached hydrogens (tertiary/aromatic N) is 2. The minimum atomic E-state index is -0.118. The predicted molar refractivity (Wildman–Crippen MR) is 86.3 cm³/mol. The zero-order valence-electron chi connectivity index (χ0n) is 12.9. The van der Waals surface area contributed by atoms with Gasteiger partial charge in [0.05, 0.1) is 17.4 Å². The first kappa shape index (κ1) is 16.0. The van der Waals surface area contributed by atoms with E-state index in [0.29, 0.717) is 22.9 Å². The highest BCUT2D eigenvalue weighted by atomic mass is 32.2. The lowest BCUT2D eigenvalue weighted by molar-refractivity contribution is 0.0855. The van der Waals surface area contributed by atoms with Gasteiger partial charge in [-0.25, -0.2) is 4.98 Å². The Hall–Kier alpha value is -1.86. The van der Waals surface area contributed by atoms with E-state index < -0.39 is 0 Å². The molecule has 1 atom stereocenters. The van der Waals surface area contributed by atoms with Crippen LogP contribution in [-0.4, -0.2) is 35.3 Å². The summed E-state index contributed by atoms with van der Waals surface area (Å²) in [5.74, 6) is 1.27. The van der Waals surface area contributed by atoms with Crippen LogP contribution in [0.15, 0.2) is 33.9 Å². The Balaban J connectivity index is 1.60. The van der Waals surface area contributed by atoms with Crippen LogP contribution in [-0.2, 0) is 10.5 Å². The molecule has 3 rings (SSSR count). The molecule has 0 spiro atoms. The van der Waals surface area contributed by atoms with Crippen molar-refractivity contribution in [3.8, 4) is 0 Å². The van der Waals surface area contributed by atoms with E-state index in [9.17, 15) is 4.79 Å². The molecular weight excluding hydrogens is 314 g/mol. The van der Waals surface area contributed by atoms with Crippen LogP contribution in [0.1, 0.15) is 34.7 Å². The molecule has 2 aromatic rings. The van der Waals surface area contributed by atoms with Gasteiger partial charge in [-0.15, -0.1) is 0 Å². The van der Waals surface area contributed by atoms with Crippen molar-refractivity contribution < 1.29 is 14.1 Å². The van der Waals surface area contributed by atoms with Crippen molar-refractivity contribution in [2.75, 3.05) is 13.2 Å². The zero-order chi connectivity index (χ0) is 16.1.